The highest BCUT2D eigenvalue weighted by molar-refractivity contribution is 7.14. The maximum Gasteiger partial charge on any atom is 0.185 e. The molecule has 1 fully saturated rings. The molecule has 4 aromatic rings. The van der Waals surface area contributed by atoms with Crippen LogP contribution >= 0.6 is 22.7 Å². The summed E-state index contributed by atoms with van der Waals surface area (Å²) in [5.74, 6) is 0.133. The molecule has 0 radical (unpaired) electrons. The van der Waals surface area contributed by atoms with E-state index in [1.54, 1.807) is 0 Å². The molecule has 1 aliphatic rings. The first kappa shape index (κ1) is 21.3. The number of rotatable bonds is 4. The number of aromatic nitrogens is 2. The van der Waals surface area contributed by atoms with Gasteiger partial charge in [0, 0.05) is 33.0 Å². The van der Waals surface area contributed by atoms with E-state index in [0.29, 0.717) is 10.3 Å². The third-order valence-electron chi connectivity index (χ3n) is 5.61. The fourth-order valence-electron chi connectivity index (χ4n) is 3.92. The number of hydrogen-bond acceptors (Lipinski definition) is 7. The van der Waals surface area contributed by atoms with Gasteiger partial charge >= 0.3 is 0 Å². The summed E-state index contributed by atoms with van der Waals surface area (Å²) in [4.78, 5) is 21.8. The van der Waals surface area contributed by atoms with Crippen molar-refractivity contribution in [2.45, 2.75) is 19.3 Å². The Bertz CT molecular complexity index is 1260. The lowest BCUT2D eigenvalue weighted by molar-refractivity contribution is -0.112. The Morgan fingerprint density at radius 1 is 0.697 bits per heavy atom. The Balaban J connectivity index is 1.33. The average Bonchev–Trinajstić information content (AvgIpc) is 3.46. The van der Waals surface area contributed by atoms with Crippen molar-refractivity contribution in [2.75, 3.05) is 11.5 Å². The van der Waals surface area contributed by atoms with Crippen LogP contribution in [0.1, 0.15) is 30.4 Å². The molecule has 1 aliphatic carbocycles. The maximum atomic E-state index is 13.1. The quantitative estimate of drug-likeness (QED) is 0.340. The number of carbonyl (C=O) groups excluding carboxylic acids is 1. The van der Waals surface area contributed by atoms with Gasteiger partial charge in [-0.25, -0.2) is 9.97 Å². The van der Waals surface area contributed by atoms with Gasteiger partial charge < -0.3 is 11.5 Å². The standard InChI is InChI=1S/C26H22N4OS2/c27-25-29-22(14-32-25)18-8-4-16(5-9-18)12-20-2-1-3-21(24(20)31)13-17-6-10-19(11-7-17)23-15-33-26(28)30-23/h4-15H,1-3H2,(H2,27,29)(H2,28,30)/b20-12-,21-13-. The molecule has 164 valence electrons. The second-order valence-electron chi connectivity index (χ2n) is 7.91. The summed E-state index contributed by atoms with van der Waals surface area (Å²) < 4.78 is 0. The van der Waals surface area contributed by atoms with E-state index in [9.17, 15) is 4.79 Å². The van der Waals surface area contributed by atoms with E-state index in [4.69, 9.17) is 11.5 Å². The van der Waals surface area contributed by atoms with E-state index in [1.807, 2.05) is 71.4 Å². The largest absolute Gasteiger partial charge is 0.375 e. The third-order valence-corrected chi connectivity index (χ3v) is 6.96. The fourth-order valence-corrected chi connectivity index (χ4v) is 5.07. The van der Waals surface area contributed by atoms with Crippen LogP contribution in [-0.4, -0.2) is 15.8 Å². The van der Waals surface area contributed by atoms with Crippen LogP contribution in [-0.2, 0) is 4.79 Å². The molecule has 5 rings (SSSR count). The van der Waals surface area contributed by atoms with E-state index in [0.717, 1.165) is 64.1 Å². The monoisotopic (exact) mass is 470 g/mol. The topological polar surface area (TPSA) is 94.9 Å². The summed E-state index contributed by atoms with van der Waals surface area (Å²) in [6.45, 7) is 0. The van der Waals surface area contributed by atoms with Crippen LogP contribution in [0.5, 0.6) is 0 Å². The first-order chi connectivity index (χ1) is 16.0. The van der Waals surface area contributed by atoms with Crippen molar-refractivity contribution in [3.8, 4) is 22.5 Å². The number of hydrogen-bond donors (Lipinski definition) is 2. The van der Waals surface area contributed by atoms with Crippen LogP contribution in [0, 0.1) is 0 Å². The summed E-state index contributed by atoms with van der Waals surface area (Å²) in [6, 6.07) is 16.1. The number of anilines is 2. The summed E-state index contributed by atoms with van der Waals surface area (Å²) >= 11 is 2.86. The molecule has 4 N–H and O–H groups in total. The minimum absolute atomic E-state index is 0.133. The highest BCUT2D eigenvalue weighted by Crippen LogP contribution is 2.30. The van der Waals surface area contributed by atoms with Crippen LogP contribution in [0.4, 0.5) is 10.3 Å². The molecule has 5 nitrogen and oxygen atoms in total. The molecular formula is C26H22N4OS2. The molecule has 33 heavy (non-hydrogen) atoms. The number of thiazole rings is 2. The Morgan fingerprint density at radius 3 is 1.48 bits per heavy atom. The highest BCUT2D eigenvalue weighted by Gasteiger charge is 2.20. The Labute approximate surface area is 200 Å². The van der Waals surface area contributed by atoms with Crippen molar-refractivity contribution in [1.82, 2.24) is 9.97 Å². The van der Waals surface area contributed by atoms with Crippen molar-refractivity contribution in [1.29, 1.82) is 0 Å². The third kappa shape index (κ3) is 4.79. The normalized spacial score (nSPS) is 16.5. The molecule has 0 spiro atoms. The summed E-state index contributed by atoms with van der Waals surface area (Å²) in [5.41, 5.74) is 19.0. The van der Waals surface area contributed by atoms with Gasteiger partial charge in [-0.3, -0.25) is 4.79 Å². The van der Waals surface area contributed by atoms with Crippen molar-refractivity contribution < 1.29 is 4.79 Å². The molecule has 7 heteroatoms. The summed E-state index contributed by atoms with van der Waals surface area (Å²) in [6.07, 6.45) is 6.57. The lowest BCUT2D eigenvalue weighted by atomic mass is 9.86. The van der Waals surface area contributed by atoms with Gasteiger partial charge in [0.25, 0.3) is 0 Å². The zero-order valence-corrected chi connectivity index (χ0v) is 19.5. The molecule has 0 amide bonds. The molecule has 0 unspecified atom stereocenters. The molecule has 1 saturated carbocycles. The predicted octanol–water partition coefficient (Wildman–Crippen LogP) is 6.32. The molecule has 0 bridgehead atoms. The lowest BCUT2D eigenvalue weighted by Crippen LogP contribution is -2.12. The number of nitrogens with two attached hydrogens (primary N) is 2. The second-order valence-corrected chi connectivity index (χ2v) is 9.69. The number of benzene rings is 2. The van der Waals surface area contributed by atoms with E-state index < -0.39 is 0 Å². The zero-order valence-electron chi connectivity index (χ0n) is 17.8. The molecule has 2 aromatic heterocycles. The van der Waals surface area contributed by atoms with Gasteiger partial charge in [0.1, 0.15) is 0 Å². The number of nitrogen functional groups attached to an aromatic ring is 2. The van der Waals surface area contributed by atoms with Crippen molar-refractivity contribution in [3.05, 3.63) is 81.6 Å². The second kappa shape index (κ2) is 9.13. The van der Waals surface area contributed by atoms with Gasteiger partial charge in [0.05, 0.1) is 11.4 Å². The average molecular weight is 471 g/mol. The summed E-state index contributed by atoms with van der Waals surface area (Å²) in [5, 5.41) is 5.02. The molecule has 0 aliphatic heterocycles. The molecule has 2 heterocycles. The maximum absolute atomic E-state index is 13.1. The Hall–Kier alpha value is -3.55. The Kier molecular flexibility index (Phi) is 5.90. The predicted molar refractivity (Wildman–Crippen MR) is 139 cm³/mol. The van der Waals surface area contributed by atoms with Crippen molar-refractivity contribution in [3.63, 3.8) is 0 Å². The van der Waals surface area contributed by atoms with Crippen LogP contribution in [0.15, 0.2) is 70.4 Å². The van der Waals surface area contributed by atoms with Gasteiger partial charge in [0.15, 0.2) is 16.0 Å². The van der Waals surface area contributed by atoms with E-state index in [-0.39, 0.29) is 5.78 Å². The van der Waals surface area contributed by atoms with E-state index >= 15 is 0 Å². The van der Waals surface area contributed by atoms with Crippen LogP contribution < -0.4 is 11.5 Å². The fraction of sp³-hybridized carbons (Fsp3) is 0.115. The van der Waals surface area contributed by atoms with Crippen molar-refractivity contribution in [2.24, 2.45) is 0 Å². The number of Topliss-reactive ketones (excluding diaryl/α,β-unsaturated/α-hetero) is 1. The van der Waals surface area contributed by atoms with Crippen LogP contribution in [0.2, 0.25) is 0 Å². The summed E-state index contributed by atoms with van der Waals surface area (Å²) in [7, 11) is 0. The minimum Gasteiger partial charge on any atom is -0.375 e. The van der Waals surface area contributed by atoms with Gasteiger partial charge in [-0.1, -0.05) is 48.5 Å². The Morgan fingerprint density at radius 2 is 1.12 bits per heavy atom. The molecule has 0 saturated heterocycles. The van der Waals surface area contributed by atoms with Gasteiger partial charge in [-0.2, -0.15) is 0 Å². The molecule has 2 aromatic carbocycles. The number of carbonyl (C=O) groups is 1. The first-order valence-electron chi connectivity index (χ1n) is 10.6. The number of allylic oxidation sites excluding steroid dienone is 2. The van der Waals surface area contributed by atoms with Gasteiger partial charge in [-0.05, 0) is 42.5 Å². The van der Waals surface area contributed by atoms with E-state index in [1.165, 1.54) is 22.7 Å². The number of ketones is 1. The zero-order chi connectivity index (χ0) is 22.8. The van der Waals surface area contributed by atoms with Gasteiger partial charge in [0.2, 0.25) is 0 Å². The van der Waals surface area contributed by atoms with Crippen LogP contribution in [0.3, 0.4) is 0 Å². The minimum atomic E-state index is 0.133. The van der Waals surface area contributed by atoms with Crippen LogP contribution in [0.25, 0.3) is 34.7 Å². The van der Waals surface area contributed by atoms with E-state index in [2.05, 4.69) is 9.97 Å². The first-order valence-corrected chi connectivity index (χ1v) is 12.4. The number of nitrogens with zero attached hydrogens (tertiary/aromatic N) is 2. The van der Waals surface area contributed by atoms with Gasteiger partial charge in [-0.15, -0.1) is 22.7 Å². The van der Waals surface area contributed by atoms with Crippen molar-refractivity contribution >= 4 is 50.9 Å². The highest BCUT2D eigenvalue weighted by atomic mass is 32.1. The smallest absolute Gasteiger partial charge is 0.185 e. The SMILES string of the molecule is Nc1nc(-c2ccc(/C=C3/CCC/C(=C/c4ccc(-c5csc(N)n5)cc4)C3=O)cc2)cs1. The molecular weight excluding hydrogens is 448 g/mol. The lowest BCUT2D eigenvalue weighted by Gasteiger charge is -2.16. The molecule has 0 atom stereocenters.